The highest BCUT2D eigenvalue weighted by Crippen LogP contribution is 2.44. The van der Waals surface area contributed by atoms with Crippen molar-refractivity contribution in [2.24, 2.45) is 5.92 Å². The Kier molecular flexibility index (Phi) is 6.21. The van der Waals surface area contributed by atoms with E-state index in [4.69, 9.17) is 0 Å². The van der Waals surface area contributed by atoms with Gasteiger partial charge in [-0.15, -0.1) is 0 Å². The van der Waals surface area contributed by atoms with Gasteiger partial charge in [0.15, 0.2) is 0 Å². The molecule has 7 nitrogen and oxygen atoms in total. The summed E-state index contributed by atoms with van der Waals surface area (Å²) in [6.07, 6.45) is 1.58. The first-order chi connectivity index (χ1) is 15.2. The molecule has 0 spiro atoms. The number of benzene rings is 1. The fraction of sp³-hybridized carbons (Fsp3) is 0.545. The van der Waals surface area contributed by atoms with E-state index >= 15 is 0 Å². The fourth-order valence-electron chi connectivity index (χ4n) is 4.48. The Hall–Kier alpha value is -2.91. The second-order valence-corrected chi connectivity index (χ2v) is 8.75. The minimum Gasteiger partial charge on any atom is -0.350 e. The van der Waals surface area contributed by atoms with Gasteiger partial charge in [0.2, 0.25) is 17.7 Å². The number of halogens is 3. The number of likely N-dealkylation sites (tertiary alicyclic amines) is 1. The van der Waals surface area contributed by atoms with Crippen LogP contribution < -0.4 is 5.32 Å². The van der Waals surface area contributed by atoms with Gasteiger partial charge >= 0.3 is 0 Å². The fourth-order valence-corrected chi connectivity index (χ4v) is 4.48. The highest BCUT2D eigenvalue weighted by Gasteiger charge is 2.45. The third-order valence-corrected chi connectivity index (χ3v) is 6.17. The van der Waals surface area contributed by atoms with Crippen molar-refractivity contribution < 1.29 is 22.8 Å². The second-order valence-electron chi connectivity index (χ2n) is 8.75. The van der Waals surface area contributed by atoms with Gasteiger partial charge in [-0.3, -0.25) is 9.59 Å². The number of aromatic nitrogens is 3. The maximum atomic E-state index is 14.1. The standard InChI is InChI=1S/C22H26F3N5O2/c1-14-2-4-18(30-13-26-12-28-30)16(6-14)10-27-21(32)19-7-17(23)11-29(19)20(31)5-3-15-8-22(24,25)9-15/h2,4,6,12-13,15,17,19H,3,5,7-11H2,1H3,(H,27,32)/t17-,19?/m1/s1. The van der Waals surface area contributed by atoms with Crippen LogP contribution in [0.3, 0.4) is 0 Å². The molecule has 2 atom stereocenters. The van der Waals surface area contributed by atoms with Crippen LogP contribution in [0.4, 0.5) is 13.2 Å². The number of carbonyl (C=O) groups is 2. The number of amides is 2. The molecule has 4 rings (SSSR count). The summed E-state index contributed by atoms with van der Waals surface area (Å²) < 4.78 is 41.7. The number of hydrogen-bond acceptors (Lipinski definition) is 4. The molecule has 2 fully saturated rings. The van der Waals surface area contributed by atoms with Crippen LogP contribution >= 0.6 is 0 Å². The summed E-state index contributed by atoms with van der Waals surface area (Å²) >= 11 is 0. The van der Waals surface area contributed by atoms with Gasteiger partial charge in [-0.2, -0.15) is 5.10 Å². The lowest BCUT2D eigenvalue weighted by atomic mass is 9.78. The number of hydrogen-bond donors (Lipinski definition) is 1. The minimum absolute atomic E-state index is 0.0472. The van der Waals surface area contributed by atoms with Crippen LogP contribution in [0.2, 0.25) is 0 Å². The van der Waals surface area contributed by atoms with Crippen LogP contribution in [0.1, 0.15) is 43.2 Å². The van der Waals surface area contributed by atoms with E-state index < -0.39 is 24.0 Å². The predicted octanol–water partition coefficient (Wildman–Crippen LogP) is 2.96. The maximum absolute atomic E-state index is 14.1. The molecule has 1 aliphatic heterocycles. The number of nitrogens with zero attached hydrogens (tertiary/aromatic N) is 4. The summed E-state index contributed by atoms with van der Waals surface area (Å²) in [4.78, 5) is 30.7. The van der Waals surface area contributed by atoms with Crippen molar-refractivity contribution in [2.75, 3.05) is 6.54 Å². The lowest BCUT2D eigenvalue weighted by Crippen LogP contribution is -2.46. The Morgan fingerprint density at radius 3 is 2.75 bits per heavy atom. The Morgan fingerprint density at radius 2 is 2.06 bits per heavy atom. The van der Waals surface area contributed by atoms with Gasteiger partial charge in [-0.25, -0.2) is 22.8 Å². The first kappa shape index (κ1) is 22.3. The first-order valence-electron chi connectivity index (χ1n) is 10.8. The van der Waals surface area contributed by atoms with Crippen molar-refractivity contribution in [3.63, 3.8) is 0 Å². The molecule has 172 valence electrons. The van der Waals surface area contributed by atoms with E-state index in [0.717, 1.165) is 16.8 Å². The van der Waals surface area contributed by atoms with E-state index in [-0.39, 0.29) is 50.6 Å². The molecular weight excluding hydrogens is 423 g/mol. The molecule has 0 bridgehead atoms. The highest BCUT2D eigenvalue weighted by molar-refractivity contribution is 5.88. The molecule has 0 radical (unpaired) electrons. The Morgan fingerprint density at radius 1 is 1.28 bits per heavy atom. The summed E-state index contributed by atoms with van der Waals surface area (Å²) in [6, 6.07) is 4.81. The predicted molar refractivity (Wildman–Crippen MR) is 110 cm³/mol. The molecule has 1 aromatic carbocycles. The highest BCUT2D eigenvalue weighted by atomic mass is 19.3. The zero-order valence-corrected chi connectivity index (χ0v) is 17.8. The molecule has 1 aliphatic carbocycles. The number of carbonyl (C=O) groups excluding carboxylic acids is 2. The normalized spacial score (nSPS) is 22.6. The van der Waals surface area contributed by atoms with Crippen LogP contribution in [-0.4, -0.2) is 56.2 Å². The topological polar surface area (TPSA) is 80.1 Å². The van der Waals surface area contributed by atoms with Crippen molar-refractivity contribution in [1.82, 2.24) is 25.0 Å². The summed E-state index contributed by atoms with van der Waals surface area (Å²) in [5.41, 5.74) is 2.57. The van der Waals surface area contributed by atoms with Crippen molar-refractivity contribution >= 4 is 11.8 Å². The van der Waals surface area contributed by atoms with Crippen LogP contribution in [0.25, 0.3) is 5.69 Å². The van der Waals surface area contributed by atoms with Crippen LogP contribution in [0, 0.1) is 12.8 Å². The zero-order chi connectivity index (χ0) is 22.9. The van der Waals surface area contributed by atoms with Crippen molar-refractivity contribution in [3.05, 3.63) is 42.0 Å². The molecular formula is C22H26F3N5O2. The monoisotopic (exact) mass is 449 g/mol. The lowest BCUT2D eigenvalue weighted by molar-refractivity contribution is -0.140. The largest absolute Gasteiger partial charge is 0.350 e. The van der Waals surface area contributed by atoms with Gasteiger partial charge in [0, 0.05) is 32.2 Å². The summed E-state index contributed by atoms with van der Waals surface area (Å²) in [6.45, 7) is 1.97. The van der Waals surface area contributed by atoms with Crippen molar-refractivity contribution in [3.8, 4) is 5.69 Å². The van der Waals surface area contributed by atoms with E-state index in [0.29, 0.717) is 6.42 Å². The molecule has 2 amide bonds. The molecule has 1 unspecified atom stereocenters. The average molecular weight is 449 g/mol. The summed E-state index contributed by atoms with van der Waals surface area (Å²) in [5, 5.41) is 6.94. The molecule has 1 saturated carbocycles. The van der Waals surface area contributed by atoms with E-state index in [2.05, 4.69) is 15.4 Å². The van der Waals surface area contributed by atoms with Crippen LogP contribution in [0.15, 0.2) is 30.9 Å². The molecule has 2 heterocycles. The molecule has 2 aliphatic rings. The molecule has 2 aromatic rings. The third kappa shape index (κ3) is 4.94. The molecule has 32 heavy (non-hydrogen) atoms. The van der Waals surface area contributed by atoms with Crippen LogP contribution in [0.5, 0.6) is 0 Å². The van der Waals surface area contributed by atoms with E-state index in [1.54, 1.807) is 11.0 Å². The minimum atomic E-state index is -2.63. The van der Waals surface area contributed by atoms with Gasteiger partial charge in [-0.1, -0.05) is 17.7 Å². The first-order valence-corrected chi connectivity index (χ1v) is 10.8. The van der Waals surface area contributed by atoms with E-state index in [1.165, 1.54) is 11.2 Å². The second kappa shape index (κ2) is 8.91. The maximum Gasteiger partial charge on any atom is 0.248 e. The zero-order valence-electron chi connectivity index (χ0n) is 17.8. The number of rotatable bonds is 7. The Bertz CT molecular complexity index is 974. The molecule has 1 saturated heterocycles. The lowest BCUT2D eigenvalue weighted by Gasteiger charge is -2.35. The third-order valence-electron chi connectivity index (χ3n) is 6.17. The van der Waals surface area contributed by atoms with E-state index in [9.17, 15) is 22.8 Å². The molecule has 1 N–H and O–H groups in total. The van der Waals surface area contributed by atoms with Gasteiger partial charge in [-0.05, 0) is 30.9 Å². The molecule has 1 aromatic heterocycles. The van der Waals surface area contributed by atoms with Crippen molar-refractivity contribution in [2.45, 2.75) is 63.7 Å². The van der Waals surface area contributed by atoms with Crippen LogP contribution in [-0.2, 0) is 16.1 Å². The average Bonchev–Trinajstić information content (AvgIpc) is 3.38. The van der Waals surface area contributed by atoms with E-state index in [1.807, 2.05) is 25.1 Å². The van der Waals surface area contributed by atoms with Gasteiger partial charge in [0.05, 0.1) is 12.2 Å². The smallest absolute Gasteiger partial charge is 0.248 e. The number of aryl methyl sites for hydroxylation is 1. The van der Waals surface area contributed by atoms with Crippen molar-refractivity contribution in [1.29, 1.82) is 0 Å². The SMILES string of the molecule is Cc1ccc(-n2cncn2)c(CNC(=O)C2C[C@@H](F)CN2C(=O)CCC2CC(F)(F)C2)c1. The number of nitrogens with one attached hydrogen (secondary N) is 1. The van der Waals surface area contributed by atoms with Gasteiger partial charge in [0.1, 0.15) is 24.9 Å². The Labute approximate surface area is 184 Å². The van der Waals surface area contributed by atoms with Gasteiger partial charge in [0.25, 0.3) is 0 Å². The molecule has 10 heteroatoms. The Balaban J connectivity index is 1.37. The quantitative estimate of drug-likeness (QED) is 0.705. The van der Waals surface area contributed by atoms with Gasteiger partial charge < -0.3 is 10.2 Å². The summed E-state index contributed by atoms with van der Waals surface area (Å²) in [5.74, 6) is -3.62. The number of alkyl halides is 3. The summed E-state index contributed by atoms with van der Waals surface area (Å²) in [7, 11) is 0.